The molecular weight excluding hydrogens is 174 g/mol. The van der Waals surface area contributed by atoms with Gasteiger partial charge in [0.1, 0.15) is 6.61 Å². The van der Waals surface area contributed by atoms with Crippen molar-refractivity contribution in [3.63, 3.8) is 0 Å². The van der Waals surface area contributed by atoms with Gasteiger partial charge in [-0.3, -0.25) is 4.79 Å². The smallest absolute Gasteiger partial charge is 0.249 e. The lowest BCUT2D eigenvalue weighted by atomic mass is 10.3. The van der Waals surface area contributed by atoms with Gasteiger partial charge in [-0.25, -0.2) is 0 Å². The molecule has 3 N–H and O–H groups in total. The van der Waals surface area contributed by atoms with Crippen LogP contribution in [0.1, 0.15) is 15.2 Å². The monoisotopic (exact) mass is 181 g/mol. The Morgan fingerprint density at radius 3 is 3.00 bits per heavy atom. The number of nitrogens with two attached hydrogens (primary N) is 1. The maximum Gasteiger partial charge on any atom is 0.249 e. The Labute approximate surface area is 73.8 Å². The molecule has 0 fully saturated rings. The summed E-state index contributed by atoms with van der Waals surface area (Å²) >= 11 is 1.33. The second-order valence-electron chi connectivity index (χ2n) is 2.02. The molecule has 0 saturated heterocycles. The highest BCUT2D eigenvalue weighted by Crippen LogP contribution is 2.12. The highest BCUT2D eigenvalue weighted by Gasteiger charge is 2.01. The van der Waals surface area contributed by atoms with Crippen LogP contribution in [0.3, 0.4) is 0 Å². The summed E-state index contributed by atoms with van der Waals surface area (Å²) in [5.74, 6) is 4.71. The first kappa shape index (κ1) is 8.78. The van der Waals surface area contributed by atoms with Gasteiger partial charge in [0.05, 0.1) is 10.4 Å². The molecule has 0 unspecified atom stereocenters. The molecule has 1 rings (SSSR count). The van der Waals surface area contributed by atoms with Crippen molar-refractivity contribution in [3.05, 3.63) is 21.9 Å². The van der Waals surface area contributed by atoms with E-state index in [2.05, 4.69) is 11.8 Å². The maximum atomic E-state index is 10.6. The Balaban J connectivity index is 2.84. The zero-order valence-electron chi connectivity index (χ0n) is 6.20. The topological polar surface area (TPSA) is 63.3 Å². The van der Waals surface area contributed by atoms with Crippen molar-refractivity contribution in [2.24, 2.45) is 5.73 Å². The first-order chi connectivity index (χ1) is 5.74. The van der Waals surface area contributed by atoms with Crippen LogP contribution in [0.5, 0.6) is 0 Å². The molecule has 0 atom stereocenters. The van der Waals surface area contributed by atoms with Gasteiger partial charge in [-0.1, -0.05) is 11.8 Å². The Morgan fingerprint density at radius 1 is 1.75 bits per heavy atom. The number of hydrogen-bond donors (Lipinski definition) is 2. The van der Waals surface area contributed by atoms with Crippen LogP contribution in [0.4, 0.5) is 0 Å². The molecular formula is C8H7NO2S. The molecule has 0 aliphatic heterocycles. The Bertz CT molecular complexity index is 345. The fraction of sp³-hybridized carbons (Fsp3) is 0.125. The molecule has 0 radical (unpaired) electrons. The first-order valence-corrected chi connectivity index (χ1v) is 4.10. The number of aliphatic hydroxyl groups is 1. The molecule has 1 aromatic heterocycles. The summed E-state index contributed by atoms with van der Waals surface area (Å²) in [6.07, 6.45) is 0. The van der Waals surface area contributed by atoms with E-state index in [0.717, 1.165) is 4.88 Å². The van der Waals surface area contributed by atoms with E-state index in [9.17, 15) is 4.79 Å². The lowest BCUT2D eigenvalue weighted by Gasteiger charge is -1.81. The molecule has 0 aromatic carbocycles. The number of carbonyl (C=O) groups is 1. The summed E-state index contributed by atoms with van der Waals surface area (Å²) in [6, 6.07) is 1.61. The first-order valence-electron chi connectivity index (χ1n) is 3.22. The molecule has 0 spiro atoms. The number of rotatable bonds is 1. The molecule has 1 heterocycles. The summed E-state index contributed by atoms with van der Waals surface area (Å²) in [5, 5.41) is 10.0. The molecule has 1 amide bonds. The van der Waals surface area contributed by atoms with Crippen LogP contribution < -0.4 is 5.73 Å². The van der Waals surface area contributed by atoms with Crippen molar-refractivity contribution >= 4 is 17.2 Å². The van der Waals surface area contributed by atoms with E-state index in [1.165, 1.54) is 11.3 Å². The van der Waals surface area contributed by atoms with Crippen LogP contribution in [-0.4, -0.2) is 17.6 Å². The summed E-state index contributed by atoms with van der Waals surface area (Å²) in [5.41, 5.74) is 5.49. The molecule has 4 heteroatoms. The second kappa shape index (κ2) is 3.90. The van der Waals surface area contributed by atoms with Gasteiger partial charge < -0.3 is 10.8 Å². The maximum absolute atomic E-state index is 10.6. The van der Waals surface area contributed by atoms with Crippen molar-refractivity contribution in [2.45, 2.75) is 0 Å². The Hall–Kier alpha value is -1.31. The molecule has 0 aliphatic carbocycles. The summed E-state index contributed by atoms with van der Waals surface area (Å²) in [4.78, 5) is 11.4. The number of hydrogen-bond acceptors (Lipinski definition) is 3. The van der Waals surface area contributed by atoms with Gasteiger partial charge in [-0.05, 0) is 6.07 Å². The van der Waals surface area contributed by atoms with Crippen LogP contribution in [0, 0.1) is 11.8 Å². The van der Waals surface area contributed by atoms with Crippen LogP contribution in [0.2, 0.25) is 0 Å². The fourth-order valence-corrected chi connectivity index (χ4v) is 1.42. The van der Waals surface area contributed by atoms with Gasteiger partial charge in [0.25, 0.3) is 0 Å². The zero-order valence-corrected chi connectivity index (χ0v) is 7.02. The van der Waals surface area contributed by atoms with Crippen LogP contribution in [-0.2, 0) is 0 Å². The summed E-state index contributed by atoms with van der Waals surface area (Å²) in [6.45, 7) is -0.177. The van der Waals surface area contributed by atoms with Crippen molar-refractivity contribution in [1.82, 2.24) is 0 Å². The third-order valence-corrected chi connectivity index (χ3v) is 2.02. The SMILES string of the molecule is NC(=O)c1csc(C#CCO)c1. The molecule has 0 aliphatic rings. The predicted molar refractivity (Wildman–Crippen MR) is 46.8 cm³/mol. The lowest BCUT2D eigenvalue weighted by molar-refractivity contribution is 0.100. The standard InChI is InChI=1S/C8H7NO2S/c9-8(11)6-4-7(12-5-6)2-1-3-10/h4-5,10H,3H2,(H2,9,11). The normalized spacial score (nSPS) is 8.75. The van der Waals surface area contributed by atoms with Gasteiger partial charge >= 0.3 is 0 Å². The van der Waals surface area contributed by atoms with Crippen molar-refractivity contribution < 1.29 is 9.90 Å². The number of aliphatic hydroxyl groups excluding tert-OH is 1. The van der Waals surface area contributed by atoms with Gasteiger partial charge in [-0.15, -0.1) is 11.3 Å². The van der Waals surface area contributed by atoms with Gasteiger partial charge in [-0.2, -0.15) is 0 Å². The number of amides is 1. The van der Waals surface area contributed by atoms with E-state index < -0.39 is 5.91 Å². The third kappa shape index (κ3) is 2.09. The predicted octanol–water partition coefficient (Wildman–Crippen LogP) is 0.191. The Kier molecular flexibility index (Phi) is 2.86. The van der Waals surface area contributed by atoms with Gasteiger partial charge in [0.15, 0.2) is 0 Å². The van der Waals surface area contributed by atoms with Crippen molar-refractivity contribution in [1.29, 1.82) is 0 Å². The van der Waals surface area contributed by atoms with Crippen LogP contribution >= 0.6 is 11.3 Å². The minimum atomic E-state index is -0.455. The second-order valence-corrected chi connectivity index (χ2v) is 2.94. The van der Waals surface area contributed by atoms with E-state index in [-0.39, 0.29) is 6.61 Å². The lowest BCUT2D eigenvalue weighted by Crippen LogP contribution is -2.08. The van der Waals surface area contributed by atoms with Crippen molar-refractivity contribution in [3.8, 4) is 11.8 Å². The third-order valence-electron chi connectivity index (χ3n) is 1.17. The van der Waals surface area contributed by atoms with E-state index in [1.54, 1.807) is 11.4 Å². The summed E-state index contributed by atoms with van der Waals surface area (Å²) in [7, 11) is 0. The van der Waals surface area contributed by atoms with E-state index in [4.69, 9.17) is 10.8 Å². The molecule has 62 valence electrons. The van der Waals surface area contributed by atoms with Crippen molar-refractivity contribution in [2.75, 3.05) is 6.61 Å². The highest BCUT2D eigenvalue weighted by atomic mass is 32.1. The zero-order chi connectivity index (χ0) is 8.97. The fourth-order valence-electron chi connectivity index (χ4n) is 0.658. The Morgan fingerprint density at radius 2 is 2.50 bits per heavy atom. The number of primary amides is 1. The minimum absolute atomic E-state index is 0.177. The van der Waals surface area contributed by atoms with E-state index in [0.29, 0.717) is 5.56 Å². The van der Waals surface area contributed by atoms with E-state index >= 15 is 0 Å². The molecule has 0 bridgehead atoms. The van der Waals surface area contributed by atoms with Crippen LogP contribution in [0.15, 0.2) is 11.4 Å². The summed E-state index contributed by atoms with van der Waals surface area (Å²) < 4.78 is 0. The average Bonchev–Trinajstić information content (AvgIpc) is 2.48. The van der Waals surface area contributed by atoms with E-state index in [1.807, 2.05) is 0 Å². The van der Waals surface area contributed by atoms with Gasteiger partial charge in [0, 0.05) is 5.38 Å². The average molecular weight is 181 g/mol. The van der Waals surface area contributed by atoms with Gasteiger partial charge in [0.2, 0.25) is 5.91 Å². The quantitative estimate of drug-likeness (QED) is 0.607. The van der Waals surface area contributed by atoms with Crippen LogP contribution in [0.25, 0.3) is 0 Å². The minimum Gasteiger partial charge on any atom is -0.384 e. The largest absolute Gasteiger partial charge is 0.384 e. The number of thiophene rings is 1. The number of carbonyl (C=O) groups excluding carboxylic acids is 1. The molecule has 0 saturated carbocycles. The molecule has 1 aromatic rings. The molecule has 12 heavy (non-hydrogen) atoms. The highest BCUT2D eigenvalue weighted by molar-refractivity contribution is 7.10. The molecule has 3 nitrogen and oxygen atoms in total.